The van der Waals surface area contributed by atoms with Crippen molar-refractivity contribution in [1.29, 1.82) is 0 Å². The second kappa shape index (κ2) is 4.64. The molecule has 2 aliphatic heterocycles. The Hall–Kier alpha value is -2.34. The summed E-state index contributed by atoms with van der Waals surface area (Å²) in [5, 5.41) is 23.3. The van der Waals surface area contributed by atoms with Gasteiger partial charge in [-0.1, -0.05) is 24.3 Å². The minimum atomic E-state index is -1.31. The lowest BCUT2D eigenvalue weighted by Gasteiger charge is -2.25. The van der Waals surface area contributed by atoms with Gasteiger partial charge in [0.2, 0.25) is 5.91 Å². The van der Waals surface area contributed by atoms with E-state index in [0.717, 1.165) is 0 Å². The average molecular weight is 274 g/mol. The highest BCUT2D eigenvalue weighted by Crippen LogP contribution is 2.39. The van der Waals surface area contributed by atoms with E-state index in [1.165, 1.54) is 12.1 Å². The van der Waals surface area contributed by atoms with Gasteiger partial charge in [0, 0.05) is 11.9 Å². The Morgan fingerprint density at radius 3 is 2.45 bits per heavy atom. The zero-order valence-corrected chi connectivity index (χ0v) is 10.4. The molecule has 2 bridgehead atoms. The third kappa shape index (κ3) is 1.94. The summed E-state index contributed by atoms with van der Waals surface area (Å²) in [5.41, 5.74) is 0.237. The summed E-state index contributed by atoms with van der Waals surface area (Å²) >= 11 is 0. The third-order valence-electron chi connectivity index (χ3n) is 3.64. The number of fused-ring (bicyclic) bond motifs is 2. The number of para-hydroxylation sites is 2. The van der Waals surface area contributed by atoms with Crippen molar-refractivity contribution in [2.24, 2.45) is 11.8 Å². The minimum Gasteiger partial charge on any atom is -0.550 e. The van der Waals surface area contributed by atoms with Gasteiger partial charge in [-0.05, 0) is 12.1 Å². The van der Waals surface area contributed by atoms with Gasteiger partial charge in [0.15, 0.2) is 0 Å². The molecule has 0 unspecified atom stereocenters. The van der Waals surface area contributed by atoms with Crippen LogP contribution in [0.1, 0.15) is 0 Å². The Morgan fingerprint density at radius 2 is 1.80 bits per heavy atom. The largest absolute Gasteiger partial charge is 0.550 e. The van der Waals surface area contributed by atoms with Crippen molar-refractivity contribution >= 4 is 17.6 Å². The summed E-state index contributed by atoms with van der Waals surface area (Å²) in [6.07, 6.45) is 2.13. The molecular weight excluding hydrogens is 262 g/mol. The number of aliphatic carboxylic acids is 1. The molecule has 0 radical (unpaired) electrons. The molecule has 1 aromatic rings. The first kappa shape index (κ1) is 12.7. The van der Waals surface area contributed by atoms with Gasteiger partial charge in [-0.3, -0.25) is 4.79 Å². The van der Waals surface area contributed by atoms with E-state index in [9.17, 15) is 19.8 Å². The van der Waals surface area contributed by atoms with Crippen LogP contribution in [0.15, 0.2) is 36.4 Å². The van der Waals surface area contributed by atoms with Crippen LogP contribution >= 0.6 is 0 Å². The second-order valence-electron chi connectivity index (χ2n) is 4.83. The van der Waals surface area contributed by atoms with Crippen molar-refractivity contribution in [1.82, 2.24) is 0 Å². The predicted octanol–water partition coefficient (Wildman–Crippen LogP) is -0.350. The number of carboxylic acids is 1. The van der Waals surface area contributed by atoms with Crippen molar-refractivity contribution in [2.45, 2.75) is 12.2 Å². The maximum Gasteiger partial charge on any atom is 0.231 e. The van der Waals surface area contributed by atoms with Crippen LogP contribution in [0.5, 0.6) is 5.75 Å². The Morgan fingerprint density at radius 1 is 1.15 bits per heavy atom. The number of benzene rings is 1. The number of carboxylic acid groups (broad SMARTS) is 1. The number of hydrogen-bond acceptors (Lipinski definition) is 5. The van der Waals surface area contributed by atoms with E-state index < -0.39 is 35.9 Å². The number of phenols is 1. The molecule has 0 aromatic heterocycles. The second-order valence-corrected chi connectivity index (χ2v) is 4.83. The Balaban J connectivity index is 1.82. The smallest absolute Gasteiger partial charge is 0.231 e. The van der Waals surface area contributed by atoms with Gasteiger partial charge < -0.3 is 25.1 Å². The van der Waals surface area contributed by atoms with Crippen LogP contribution < -0.4 is 10.4 Å². The quantitative estimate of drug-likeness (QED) is 0.580. The lowest BCUT2D eigenvalue weighted by atomic mass is 9.82. The van der Waals surface area contributed by atoms with E-state index >= 15 is 0 Å². The van der Waals surface area contributed by atoms with Crippen LogP contribution in [0.4, 0.5) is 5.69 Å². The fraction of sp³-hybridized carbons (Fsp3) is 0.286. The fourth-order valence-corrected chi connectivity index (χ4v) is 2.70. The van der Waals surface area contributed by atoms with E-state index in [1.807, 2.05) is 0 Å². The topological polar surface area (TPSA) is 98.7 Å². The number of amides is 1. The first-order chi connectivity index (χ1) is 9.58. The van der Waals surface area contributed by atoms with Gasteiger partial charge in [-0.25, -0.2) is 0 Å². The molecule has 1 aromatic carbocycles. The molecule has 3 rings (SSSR count). The first-order valence-corrected chi connectivity index (χ1v) is 6.21. The summed E-state index contributed by atoms with van der Waals surface area (Å²) in [7, 11) is 0. The number of phenolic OH excluding ortho intramolecular Hbond substituents is 1. The lowest BCUT2D eigenvalue weighted by molar-refractivity contribution is -0.313. The first-order valence-electron chi connectivity index (χ1n) is 6.21. The molecule has 6 nitrogen and oxygen atoms in total. The Labute approximate surface area is 114 Å². The Kier molecular flexibility index (Phi) is 2.94. The molecule has 0 spiro atoms. The number of anilines is 1. The Bertz CT molecular complexity index is 597. The molecule has 1 saturated heterocycles. The zero-order valence-electron chi connectivity index (χ0n) is 10.4. The van der Waals surface area contributed by atoms with Crippen molar-refractivity contribution in [2.75, 3.05) is 5.32 Å². The molecule has 4 atom stereocenters. The van der Waals surface area contributed by atoms with E-state index in [1.54, 1.807) is 24.3 Å². The standard InChI is InChI=1S/C14H13NO5/c16-8-4-2-1-3-7(8)15-13(17)11-9-5-6-10(20-9)12(11)14(18)19/h1-6,9-12,16H,(H,15,17)(H,18,19)/p-1/t9-,10+,11+,12+/m1/s1. The number of hydrogen-bond donors (Lipinski definition) is 2. The molecule has 1 amide bonds. The fourth-order valence-electron chi connectivity index (χ4n) is 2.70. The molecule has 20 heavy (non-hydrogen) atoms. The molecule has 1 fully saturated rings. The third-order valence-corrected chi connectivity index (χ3v) is 3.64. The lowest BCUT2D eigenvalue weighted by Crippen LogP contribution is -2.45. The molecular formula is C14H12NO5-. The van der Waals surface area contributed by atoms with Crippen LogP contribution in [-0.4, -0.2) is 29.2 Å². The number of nitrogens with one attached hydrogen (secondary N) is 1. The van der Waals surface area contributed by atoms with Crippen molar-refractivity contribution in [3.05, 3.63) is 36.4 Å². The van der Waals surface area contributed by atoms with Crippen molar-refractivity contribution < 1.29 is 24.5 Å². The van der Waals surface area contributed by atoms with E-state index in [4.69, 9.17) is 4.74 Å². The monoisotopic (exact) mass is 274 g/mol. The van der Waals surface area contributed by atoms with Crippen LogP contribution in [0.3, 0.4) is 0 Å². The molecule has 2 aliphatic rings. The van der Waals surface area contributed by atoms with Crippen molar-refractivity contribution in [3.63, 3.8) is 0 Å². The zero-order chi connectivity index (χ0) is 14.3. The van der Waals surface area contributed by atoms with Gasteiger partial charge in [0.1, 0.15) is 5.75 Å². The number of aromatic hydroxyl groups is 1. The van der Waals surface area contributed by atoms with E-state index in [-0.39, 0.29) is 11.4 Å². The van der Waals surface area contributed by atoms with E-state index in [2.05, 4.69) is 5.32 Å². The normalized spacial score (nSPS) is 30.4. The highest BCUT2D eigenvalue weighted by Gasteiger charge is 2.50. The van der Waals surface area contributed by atoms with Gasteiger partial charge in [0.05, 0.1) is 23.8 Å². The van der Waals surface area contributed by atoms with E-state index in [0.29, 0.717) is 0 Å². The summed E-state index contributed by atoms with van der Waals surface area (Å²) < 4.78 is 5.39. The van der Waals surface area contributed by atoms with Gasteiger partial charge in [0.25, 0.3) is 0 Å². The molecule has 2 heterocycles. The maximum absolute atomic E-state index is 12.2. The summed E-state index contributed by atoms with van der Waals surface area (Å²) in [6, 6.07) is 6.25. The number of ether oxygens (including phenoxy) is 1. The SMILES string of the molecule is O=C([O-])[C@@H]1[C@@H](C(=O)Nc2ccccc2O)[C@H]2C=C[C@@H]1O2. The number of carbonyl (C=O) groups excluding carboxylic acids is 2. The van der Waals surface area contributed by atoms with Crippen LogP contribution in [0.25, 0.3) is 0 Å². The highest BCUT2D eigenvalue weighted by atomic mass is 16.5. The number of rotatable bonds is 3. The molecule has 0 aliphatic carbocycles. The number of carbonyl (C=O) groups is 2. The van der Waals surface area contributed by atoms with Gasteiger partial charge in [-0.2, -0.15) is 0 Å². The molecule has 0 saturated carbocycles. The molecule has 6 heteroatoms. The van der Waals surface area contributed by atoms with Crippen LogP contribution in [0, 0.1) is 11.8 Å². The van der Waals surface area contributed by atoms with Gasteiger partial charge in [-0.15, -0.1) is 0 Å². The summed E-state index contributed by atoms with van der Waals surface area (Å²) in [5.74, 6) is -3.74. The summed E-state index contributed by atoms with van der Waals surface area (Å²) in [4.78, 5) is 23.4. The predicted molar refractivity (Wildman–Crippen MR) is 66.5 cm³/mol. The summed E-state index contributed by atoms with van der Waals surface area (Å²) in [6.45, 7) is 0. The molecule has 104 valence electrons. The van der Waals surface area contributed by atoms with Crippen molar-refractivity contribution in [3.8, 4) is 5.75 Å². The van der Waals surface area contributed by atoms with Crippen LogP contribution in [-0.2, 0) is 14.3 Å². The molecule has 2 N–H and O–H groups in total. The highest BCUT2D eigenvalue weighted by molar-refractivity contribution is 5.97. The minimum absolute atomic E-state index is 0.0783. The van der Waals surface area contributed by atoms with Gasteiger partial charge >= 0.3 is 0 Å². The average Bonchev–Trinajstić information content (AvgIpc) is 3.01. The van der Waals surface area contributed by atoms with Crippen LogP contribution in [0.2, 0.25) is 0 Å². The maximum atomic E-state index is 12.2.